The van der Waals surface area contributed by atoms with Crippen LogP contribution in [0.15, 0.2) is 36.5 Å². The molecular formula is C17H21N5O. The van der Waals surface area contributed by atoms with Crippen molar-refractivity contribution in [3.05, 3.63) is 42.2 Å². The lowest BCUT2D eigenvalue weighted by molar-refractivity contribution is 0.0752. The molecule has 4 rings (SSSR count). The Bertz CT molecular complexity index is 669. The normalized spacial score (nSPS) is 24.3. The lowest BCUT2D eigenvalue weighted by Gasteiger charge is -2.19. The standard InChI is InChI=1S/C17H21N5O/c23-17(21-8-6-13-10-18-11-14(13)7-9-21)16-12-19-22(20-16)15-4-2-1-3-5-15/h1-5,12-14,18H,6-11H2/t13-,14+. The van der Waals surface area contributed by atoms with Crippen LogP contribution in [-0.2, 0) is 0 Å². The van der Waals surface area contributed by atoms with Gasteiger partial charge in [-0.3, -0.25) is 4.79 Å². The third-order valence-electron chi connectivity index (χ3n) is 5.00. The molecule has 1 aromatic heterocycles. The summed E-state index contributed by atoms with van der Waals surface area (Å²) in [5.41, 5.74) is 1.29. The van der Waals surface area contributed by atoms with E-state index in [1.807, 2.05) is 35.2 Å². The Hall–Kier alpha value is -2.21. The molecule has 0 saturated carbocycles. The van der Waals surface area contributed by atoms with Gasteiger partial charge in [0.2, 0.25) is 0 Å². The first-order chi connectivity index (χ1) is 11.3. The van der Waals surface area contributed by atoms with Crippen molar-refractivity contribution >= 4 is 5.91 Å². The van der Waals surface area contributed by atoms with Gasteiger partial charge >= 0.3 is 0 Å². The Balaban J connectivity index is 1.48. The molecule has 6 heteroatoms. The van der Waals surface area contributed by atoms with Crippen LogP contribution in [0.25, 0.3) is 5.69 Å². The van der Waals surface area contributed by atoms with Crippen molar-refractivity contribution < 1.29 is 4.79 Å². The first-order valence-corrected chi connectivity index (χ1v) is 8.29. The number of hydrogen-bond acceptors (Lipinski definition) is 4. The third-order valence-corrected chi connectivity index (χ3v) is 5.00. The average Bonchev–Trinajstić information content (AvgIpc) is 3.21. The Morgan fingerprint density at radius 1 is 1.09 bits per heavy atom. The van der Waals surface area contributed by atoms with E-state index in [-0.39, 0.29) is 5.91 Å². The zero-order valence-electron chi connectivity index (χ0n) is 13.1. The summed E-state index contributed by atoms with van der Waals surface area (Å²) in [7, 11) is 0. The number of fused-ring (bicyclic) bond motifs is 1. The van der Waals surface area contributed by atoms with E-state index in [9.17, 15) is 4.79 Å². The van der Waals surface area contributed by atoms with Crippen LogP contribution in [-0.4, -0.2) is 52.0 Å². The molecule has 2 saturated heterocycles. The highest BCUT2D eigenvalue weighted by Gasteiger charge is 2.32. The smallest absolute Gasteiger partial charge is 0.276 e. The van der Waals surface area contributed by atoms with Crippen molar-refractivity contribution in [2.24, 2.45) is 11.8 Å². The van der Waals surface area contributed by atoms with E-state index in [0.717, 1.165) is 44.7 Å². The van der Waals surface area contributed by atoms with Crippen LogP contribution in [0.5, 0.6) is 0 Å². The molecule has 2 aliphatic heterocycles. The van der Waals surface area contributed by atoms with Gasteiger partial charge in [0.05, 0.1) is 11.9 Å². The summed E-state index contributed by atoms with van der Waals surface area (Å²) in [6.07, 6.45) is 3.73. The molecule has 2 aromatic rings. The van der Waals surface area contributed by atoms with Crippen molar-refractivity contribution in [2.75, 3.05) is 26.2 Å². The fraction of sp³-hybridized carbons (Fsp3) is 0.471. The number of aromatic nitrogens is 3. The number of likely N-dealkylation sites (tertiary alicyclic amines) is 1. The lowest BCUT2D eigenvalue weighted by Crippen LogP contribution is -2.33. The van der Waals surface area contributed by atoms with E-state index in [1.54, 1.807) is 6.20 Å². The van der Waals surface area contributed by atoms with Crippen LogP contribution in [0.1, 0.15) is 23.3 Å². The first-order valence-electron chi connectivity index (χ1n) is 8.29. The van der Waals surface area contributed by atoms with Crippen molar-refractivity contribution in [1.82, 2.24) is 25.2 Å². The largest absolute Gasteiger partial charge is 0.337 e. The molecule has 1 aromatic carbocycles. The number of para-hydroxylation sites is 1. The fourth-order valence-corrected chi connectivity index (χ4v) is 3.63. The predicted molar refractivity (Wildman–Crippen MR) is 86.3 cm³/mol. The maximum Gasteiger partial charge on any atom is 0.276 e. The van der Waals surface area contributed by atoms with Gasteiger partial charge in [0, 0.05) is 13.1 Å². The monoisotopic (exact) mass is 311 g/mol. The van der Waals surface area contributed by atoms with Gasteiger partial charge in [-0.1, -0.05) is 18.2 Å². The topological polar surface area (TPSA) is 63.1 Å². The summed E-state index contributed by atoms with van der Waals surface area (Å²) in [4.78, 5) is 16.2. The van der Waals surface area contributed by atoms with Crippen molar-refractivity contribution in [3.63, 3.8) is 0 Å². The Morgan fingerprint density at radius 2 is 1.78 bits per heavy atom. The highest BCUT2D eigenvalue weighted by atomic mass is 16.2. The van der Waals surface area contributed by atoms with Gasteiger partial charge in [0.15, 0.2) is 5.69 Å². The molecule has 2 aliphatic rings. The minimum absolute atomic E-state index is 0.000105. The molecule has 0 spiro atoms. The van der Waals surface area contributed by atoms with Crippen molar-refractivity contribution in [1.29, 1.82) is 0 Å². The van der Waals surface area contributed by atoms with E-state index in [2.05, 4.69) is 15.5 Å². The fourth-order valence-electron chi connectivity index (χ4n) is 3.63. The van der Waals surface area contributed by atoms with Crippen LogP contribution in [0.4, 0.5) is 0 Å². The Kier molecular flexibility index (Phi) is 3.83. The number of hydrogen-bond donors (Lipinski definition) is 1. The maximum atomic E-state index is 12.7. The van der Waals surface area contributed by atoms with Crippen LogP contribution >= 0.6 is 0 Å². The Morgan fingerprint density at radius 3 is 2.48 bits per heavy atom. The molecule has 0 bridgehead atoms. The van der Waals surface area contributed by atoms with Gasteiger partial charge < -0.3 is 10.2 Å². The van der Waals surface area contributed by atoms with Crippen LogP contribution in [0.3, 0.4) is 0 Å². The lowest BCUT2D eigenvalue weighted by atomic mass is 9.92. The summed E-state index contributed by atoms with van der Waals surface area (Å²) in [6, 6.07) is 9.66. The van der Waals surface area contributed by atoms with E-state index in [0.29, 0.717) is 17.5 Å². The number of amides is 1. The van der Waals surface area contributed by atoms with Gasteiger partial charge in [-0.2, -0.15) is 9.90 Å². The highest BCUT2D eigenvalue weighted by Crippen LogP contribution is 2.27. The molecule has 2 fully saturated rings. The molecular weight excluding hydrogens is 290 g/mol. The molecule has 0 unspecified atom stereocenters. The predicted octanol–water partition coefficient (Wildman–Crippen LogP) is 1.34. The zero-order chi connectivity index (χ0) is 15.6. The minimum Gasteiger partial charge on any atom is -0.337 e. The van der Waals surface area contributed by atoms with Gasteiger partial charge in [0.1, 0.15) is 0 Å². The molecule has 0 aliphatic carbocycles. The van der Waals surface area contributed by atoms with E-state index >= 15 is 0 Å². The summed E-state index contributed by atoms with van der Waals surface area (Å²) in [5.74, 6) is 1.43. The second-order valence-corrected chi connectivity index (χ2v) is 6.40. The molecule has 2 atom stereocenters. The summed E-state index contributed by atoms with van der Waals surface area (Å²) < 4.78 is 0. The highest BCUT2D eigenvalue weighted by molar-refractivity contribution is 5.92. The molecule has 1 amide bonds. The molecule has 6 nitrogen and oxygen atoms in total. The second kappa shape index (κ2) is 6.12. The summed E-state index contributed by atoms with van der Waals surface area (Å²) >= 11 is 0. The first kappa shape index (κ1) is 14.4. The molecule has 1 N–H and O–H groups in total. The third kappa shape index (κ3) is 2.86. The molecule has 23 heavy (non-hydrogen) atoms. The maximum absolute atomic E-state index is 12.7. The van der Waals surface area contributed by atoms with Gasteiger partial charge in [-0.05, 0) is 49.9 Å². The summed E-state index contributed by atoms with van der Waals surface area (Å²) in [5, 5.41) is 12.1. The van der Waals surface area contributed by atoms with Gasteiger partial charge in [-0.25, -0.2) is 0 Å². The average molecular weight is 311 g/mol. The number of nitrogens with one attached hydrogen (secondary N) is 1. The molecule has 0 radical (unpaired) electrons. The number of carbonyl (C=O) groups is 1. The van der Waals surface area contributed by atoms with Gasteiger partial charge in [0.25, 0.3) is 5.91 Å². The van der Waals surface area contributed by atoms with Crippen LogP contribution < -0.4 is 5.32 Å². The molecule has 3 heterocycles. The van der Waals surface area contributed by atoms with Crippen LogP contribution in [0.2, 0.25) is 0 Å². The second-order valence-electron chi connectivity index (χ2n) is 6.40. The zero-order valence-corrected chi connectivity index (χ0v) is 13.1. The number of benzene rings is 1. The van der Waals surface area contributed by atoms with E-state index < -0.39 is 0 Å². The number of carbonyl (C=O) groups excluding carboxylic acids is 1. The minimum atomic E-state index is 0.000105. The van der Waals surface area contributed by atoms with Gasteiger partial charge in [-0.15, -0.1) is 5.10 Å². The SMILES string of the molecule is O=C(c1cnn(-c2ccccc2)n1)N1CC[C@@H]2CNC[C@@H]2CC1. The van der Waals surface area contributed by atoms with E-state index in [1.165, 1.54) is 4.80 Å². The van der Waals surface area contributed by atoms with Crippen LogP contribution in [0, 0.1) is 11.8 Å². The Labute approximate surface area is 135 Å². The summed E-state index contributed by atoms with van der Waals surface area (Å²) in [6.45, 7) is 3.83. The van der Waals surface area contributed by atoms with Crippen molar-refractivity contribution in [2.45, 2.75) is 12.8 Å². The van der Waals surface area contributed by atoms with Crippen molar-refractivity contribution in [3.8, 4) is 5.69 Å². The number of rotatable bonds is 2. The number of nitrogens with zero attached hydrogens (tertiary/aromatic N) is 4. The van der Waals surface area contributed by atoms with E-state index in [4.69, 9.17) is 0 Å². The molecule has 120 valence electrons. The quantitative estimate of drug-likeness (QED) is 0.909.